The minimum atomic E-state index is -0.342. The Hall–Kier alpha value is -0.990. The lowest BCUT2D eigenvalue weighted by Gasteiger charge is -2.05. The van der Waals surface area contributed by atoms with E-state index in [0.29, 0.717) is 6.54 Å². The van der Waals surface area contributed by atoms with Crippen LogP contribution < -0.4 is 5.32 Å². The largest absolute Gasteiger partial charge is 0.445 e. The van der Waals surface area contributed by atoms with Crippen LogP contribution >= 0.6 is 0 Å². The minimum absolute atomic E-state index is 0.281. The maximum atomic E-state index is 11.0. The molecule has 0 aliphatic heterocycles. The van der Waals surface area contributed by atoms with Crippen molar-refractivity contribution in [3.05, 3.63) is 12.7 Å². The van der Waals surface area contributed by atoms with Gasteiger partial charge in [0.15, 0.2) is 0 Å². The molecule has 0 aliphatic carbocycles. The van der Waals surface area contributed by atoms with Crippen LogP contribution in [0.1, 0.15) is 51.9 Å². The Bertz CT molecular complexity index is 181. The number of carbonyl (C=O) groups excluding carboxylic acids is 1. The van der Waals surface area contributed by atoms with Crippen LogP contribution in [0.25, 0.3) is 0 Å². The van der Waals surface area contributed by atoms with Crippen molar-refractivity contribution in [2.24, 2.45) is 0 Å². The quantitative estimate of drug-likeness (QED) is 0.457. The van der Waals surface area contributed by atoms with Crippen LogP contribution in [0.15, 0.2) is 12.7 Å². The maximum absolute atomic E-state index is 11.0. The zero-order chi connectivity index (χ0) is 12.1. The van der Waals surface area contributed by atoms with Gasteiger partial charge < -0.3 is 10.1 Å². The summed E-state index contributed by atoms with van der Waals surface area (Å²) in [6, 6.07) is 0. The number of rotatable bonds is 10. The average Bonchev–Trinajstić information content (AvgIpc) is 2.30. The third kappa shape index (κ3) is 11.1. The van der Waals surface area contributed by atoms with Crippen molar-refractivity contribution < 1.29 is 9.53 Å². The summed E-state index contributed by atoms with van der Waals surface area (Å²) in [5.74, 6) is 0. The van der Waals surface area contributed by atoms with E-state index in [1.165, 1.54) is 38.5 Å². The fraction of sp³-hybridized carbons (Fsp3) is 0.769. The lowest BCUT2D eigenvalue weighted by molar-refractivity contribution is 0.158. The fourth-order valence-electron chi connectivity index (χ4n) is 1.46. The minimum Gasteiger partial charge on any atom is -0.445 e. The van der Waals surface area contributed by atoms with E-state index in [-0.39, 0.29) is 12.7 Å². The van der Waals surface area contributed by atoms with Gasteiger partial charge in [0.25, 0.3) is 0 Å². The first-order valence-electron chi connectivity index (χ1n) is 6.32. The maximum Gasteiger partial charge on any atom is 0.407 e. The van der Waals surface area contributed by atoms with Crippen LogP contribution in [0.2, 0.25) is 0 Å². The molecule has 0 saturated carbocycles. The Morgan fingerprint density at radius 2 is 1.81 bits per heavy atom. The third-order valence-corrected chi connectivity index (χ3v) is 2.38. The molecule has 3 nitrogen and oxygen atoms in total. The van der Waals surface area contributed by atoms with Gasteiger partial charge in [-0.05, 0) is 6.42 Å². The zero-order valence-electron chi connectivity index (χ0n) is 10.5. The molecule has 1 N–H and O–H groups in total. The van der Waals surface area contributed by atoms with Crippen molar-refractivity contribution >= 4 is 6.09 Å². The predicted molar refractivity (Wildman–Crippen MR) is 67.5 cm³/mol. The molecule has 0 aromatic heterocycles. The van der Waals surface area contributed by atoms with Gasteiger partial charge in [-0.15, -0.1) is 0 Å². The van der Waals surface area contributed by atoms with Crippen molar-refractivity contribution in [3.8, 4) is 0 Å². The van der Waals surface area contributed by atoms with Crippen LogP contribution in [0.4, 0.5) is 4.79 Å². The zero-order valence-corrected chi connectivity index (χ0v) is 10.5. The van der Waals surface area contributed by atoms with Crippen LogP contribution in [0.3, 0.4) is 0 Å². The van der Waals surface area contributed by atoms with E-state index in [4.69, 9.17) is 4.74 Å². The highest BCUT2D eigenvalue weighted by Gasteiger charge is 1.98. The van der Waals surface area contributed by atoms with Gasteiger partial charge in [0.1, 0.15) is 6.61 Å². The van der Waals surface area contributed by atoms with E-state index in [0.717, 1.165) is 6.42 Å². The number of nitrogens with one attached hydrogen (secondary N) is 1. The van der Waals surface area contributed by atoms with Gasteiger partial charge >= 0.3 is 6.09 Å². The third-order valence-electron chi connectivity index (χ3n) is 2.38. The lowest BCUT2D eigenvalue weighted by Crippen LogP contribution is -2.25. The Morgan fingerprint density at radius 1 is 1.19 bits per heavy atom. The second-order valence-corrected chi connectivity index (χ2v) is 3.94. The van der Waals surface area contributed by atoms with E-state index in [9.17, 15) is 4.79 Å². The highest BCUT2D eigenvalue weighted by atomic mass is 16.5. The summed E-state index contributed by atoms with van der Waals surface area (Å²) < 4.78 is 4.78. The van der Waals surface area contributed by atoms with Gasteiger partial charge in [0.2, 0.25) is 0 Å². The average molecular weight is 227 g/mol. The molecule has 0 fully saturated rings. The normalized spacial score (nSPS) is 9.81. The van der Waals surface area contributed by atoms with Crippen molar-refractivity contribution in [1.29, 1.82) is 0 Å². The molecular weight excluding hydrogens is 202 g/mol. The van der Waals surface area contributed by atoms with Crippen molar-refractivity contribution in [2.75, 3.05) is 13.2 Å². The highest BCUT2D eigenvalue weighted by molar-refractivity contribution is 5.67. The second kappa shape index (κ2) is 12.1. The van der Waals surface area contributed by atoms with Crippen molar-refractivity contribution in [1.82, 2.24) is 5.32 Å². The summed E-state index contributed by atoms with van der Waals surface area (Å²) in [5.41, 5.74) is 0. The molecule has 16 heavy (non-hydrogen) atoms. The summed E-state index contributed by atoms with van der Waals surface area (Å²) in [7, 11) is 0. The number of hydrogen-bond donors (Lipinski definition) is 1. The molecule has 0 bridgehead atoms. The smallest absolute Gasteiger partial charge is 0.407 e. The topological polar surface area (TPSA) is 38.3 Å². The first kappa shape index (κ1) is 15.0. The Morgan fingerprint density at radius 3 is 2.44 bits per heavy atom. The van der Waals surface area contributed by atoms with Gasteiger partial charge in [-0.2, -0.15) is 0 Å². The molecule has 1 amide bonds. The van der Waals surface area contributed by atoms with Crippen LogP contribution in [0.5, 0.6) is 0 Å². The van der Waals surface area contributed by atoms with Crippen LogP contribution in [0, 0.1) is 0 Å². The van der Waals surface area contributed by atoms with Crippen molar-refractivity contribution in [2.45, 2.75) is 51.9 Å². The predicted octanol–water partition coefficient (Wildman–Crippen LogP) is 3.65. The summed E-state index contributed by atoms with van der Waals surface area (Å²) in [6.07, 6.45) is 9.99. The molecule has 0 aromatic rings. The van der Waals surface area contributed by atoms with E-state index >= 15 is 0 Å². The fourth-order valence-corrected chi connectivity index (χ4v) is 1.46. The van der Waals surface area contributed by atoms with Gasteiger partial charge in [-0.1, -0.05) is 58.1 Å². The van der Waals surface area contributed by atoms with Gasteiger partial charge in [-0.3, -0.25) is 0 Å². The van der Waals surface area contributed by atoms with E-state index in [1.54, 1.807) is 6.08 Å². The Balaban J connectivity index is 3.08. The number of unbranched alkanes of at least 4 members (excludes halogenated alkanes) is 6. The Kier molecular flexibility index (Phi) is 11.3. The number of hydrogen-bond acceptors (Lipinski definition) is 2. The molecule has 0 atom stereocenters. The SMILES string of the molecule is C=CCOC(=O)NCCCCCCCCC. The molecule has 0 aliphatic rings. The standard InChI is InChI=1S/C13H25NO2/c1-3-5-6-7-8-9-10-11-14-13(15)16-12-4-2/h4H,2-3,5-12H2,1H3,(H,14,15). The molecule has 0 heterocycles. The molecule has 0 rings (SSSR count). The van der Waals surface area contributed by atoms with Gasteiger partial charge in [-0.25, -0.2) is 4.79 Å². The summed E-state index contributed by atoms with van der Waals surface area (Å²) >= 11 is 0. The number of amides is 1. The first-order chi connectivity index (χ1) is 7.81. The summed E-state index contributed by atoms with van der Waals surface area (Å²) in [4.78, 5) is 11.0. The molecular formula is C13H25NO2. The number of ether oxygens (including phenoxy) is 1. The van der Waals surface area contributed by atoms with E-state index in [1.807, 2.05) is 0 Å². The van der Waals surface area contributed by atoms with Gasteiger partial charge in [0, 0.05) is 6.54 Å². The summed E-state index contributed by atoms with van der Waals surface area (Å²) in [6.45, 7) is 6.69. The molecule has 3 heteroatoms. The van der Waals surface area contributed by atoms with Crippen LogP contribution in [-0.2, 0) is 4.74 Å². The Labute approximate surface area is 99.3 Å². The van der Waals surface area contributed by atoms with Crippen molar-refractivity contribution in [3.63, 3.8) is 0 Å². The molecule has 94 valence electrons. The monoisotopic (exact) mass is 227 g/mol. The molecule has 0 spiro atoms. The highest BCUT2D eigenvalue weighted by Crippen LogP contribution is 2.06. The van der Waals surface area contributed by atoms with Gasteiger partial charge in [0.05, 0.1) is 0 Å². The number of alkyl carbamates (subject to hydrolysis) is 1. The van der Waals surface area contributed by atoms with E-state index < -0.39 is 0 Å². The molecule has 0 saturated heterocycles. The first-order valence-corrected chi connectivity index (χ1v) is 6.32. The number of carbonyl (C=O) groups is 1. The van der Waals surface area contributed by atoms with Crippen LogP contribution in [-0.4, -0.2) is 19.2 Å². The molecule has 0 radical (unpaired) electrons. The van der Waals surface area contributed by atoms with E-state index in [2.05, 4.69) is 18.8 Å². The second-order valence-electron chi connectivity index (χ2n) is 3.94. The lowest BCUT2D eigenvalue weighted by atomic mass is 10.1. The molecule has 0 unspecified atom stereocenters. The molecule has 0 aromatic carbocycles. The summed E-state index contributed by atoms with van der Waals surface area (Å²) in [5, 5.41) is 2.71.